The largest absolute Gasteiger partial charge is 0.479 e. The van der Waals surface area contributed by atoms with Gasteiger partial charge >= 0.3 is 5.97 Å². The SMILES string of the molecule is O=C(O)C1(Nc2cccc(Cl)c2)COCc2ccccc21. The molecule has 0 saturated carbocycles. The minimum Gasteiger partial charge on any atom is -0.479 e. The van der Waals surface area contributed by atoms with Crippen LogP contribution in [0.5, 0.6) is 0 Å². The van der Waals surface area contributed by atoms with Crippen molar-refractivity contribution in [2.24, 2.45) is 0 Å². The second-order valence-corrected chi connectivity index (χ2v) is 5.43. The van der Waals surface area contributed by atoms with Gasteiger partial charge in [0.15, 0.2) is 5.54 Å². The highest BCUT2D eigenvalue weighted by molar-refractivity contribution is 6.30. The molecule has 1 aliphatic rings. The van der Waals surface area contributed by atoms with Crippen LogP contribution in [-0.2, 0) is 21.7 Å². The summed E-state index contributed by atoms with van der Waals surface area (Å²) in [4.78, 5) is 12.0. The van der Waals surface area contributed by atoms with Gasteiger partial charge in [-0.05, 0) is 29.3 Å². The van der Waals surface area contributed by atoms with E-state index in [1.54, 1.807) is 24.3 Å². The Labute approximate surface area is 127 Å². The Morgan fingerprint density at radius 3 is 2.81 bits per heavy atom. The molecule has 108 valence electrons. The Bertz CT molecular complexity index is 689. The van der Waals surface area contributed by atoms with Gasteiger partial charge < -0.3 is 15.2 Å². The van der Waals surface area contributed by atoms with Gasteiger partial charge in [0, 0.05) is 10.7 Å². The number of fused-ring (bicyclic) bond motifs is 1. The van der Waals surface area contributed by atoms with E-state index >= 15 is 0 Å². The Kier molecular flexibility index (Phi) is 3.57. The fourth-order valence-electron chi connectivity index (χ4n) is 2.60. The molecule has 4 nitrogen and oxygen atoms in total. The number of nitrogens with one attached hydrogen (secondary N) is 1. The number of rotatable bonds is 3. The predicted molar refractivity (Wildman–Crippen MR) is 80.5 cm³/mol. The molecule has 3 rings (SSSR count). The molecule has 0 fully saturated rings. The van der Waals surface area contributed by atoms with Crippen LogP contribution >= 0.6 is 11.6 Å². The molecular formula is C16H14ClNO3. The maximum Gasteiger partial charge on any atom is 0.336 e. The summed E-state index contributed by atoms with van der Waals surface area (Å²) in [6.45, 7) is 0.480. The van der Waals surface area contributed by atoms with Crippen molar-refractivity contribution in [1.82, 2.24) is 0 Å². The minimum absolute atomic E-state index is 0.0614. The molecule has 0 saturated heterocycles. The third-order valence-electron chi connectivity index (χ3n) is 3.60. The molecule has 5 heteroatoms. The Morgan fingerprint density at radius 2 is 2.05 bits per heavy atom. The monoisotopic (exact) mass is 303 g/mol. The lowest BCUT2D eigenvalue weighted by atomic mass is 9.85. The smallest absolute Gasteiger partial charge is 0.336 e. The summed E-state index contributed by atoms with van der Waals surface area (Å²) in [7, 11) is 0. The van der Waals surface area contributed by atoms with Crippen LogP contribution in [0.3, 0.4) is 0 Å². The lowest BCUT2D eigenvalue weighted by Gasteiger charge is -2.36. The quantitative estimate of drug-likeness (QED) is 0.914. The van der Waals surface area contributed by atoms with Gasteiger partial charge in [-0.25, -0.2) is 4.79 Å². The van der Waals surface area contributed by atoms with E-state index in [2.05, 4.69) is 5.32 Å². The van der Waals surface area contributed by atoms with Crippen molar-refractivity contribution in [3.05, 3.63) is 64.7 Å². The van der Waals surface area contributed by atoms with E-state index in [0.717, 1.165) is 11.1 Å². The first-order chi connectivity index (χ1) is 10.1. The van der Waals surface area contributed by atoms with Crippen LogP contribution in [-0.4, -0.2) is 17.7 Å². The van der Waals surface area contributed by atoms with Crippen LogP contribution < -0.4 is 5.32 Å². The summed E-state index contributed by atoms with van der Waals surface area (Å²) < 4.78 is 5.50. The summed E-state index contributed by atoms with van der Waals surface area (Å²) >= 11 is 5.97. The van der Waals surface area contributed by atoms with E-state index in [0.29, 0.717) is 17.3 Å². The number of anilines is 1. The molecule has 1 aliphatic heterocycles. The van der Waals surface area contributed by atoms with Gasteiger partial charge in [-0.2, -0.15) is 0 Å². The minimum atomic E-state index is -1.31. The Hall–Kier alpha value is -2.04. The van der Waals surface area contributed by atoms with Gasteiger partial charge in [-0.15, -0.1) is 0 Å². The van der Waals surface area contributed by atoms with Crippen molar-refractivity contribution in [2.45, 2.75) is 12.1 Å². The van der Waals surface area contributed by atoms with Gasteiger partial charge in [0.2, 0.25) is 0 Å². The Morgan fingerprint density at radius 1 is 1.24 bits per heavy atom. The number of aliphatic carboxylic acids is 1. The van der Waals surface area contributed by atoms with Crippen LogP contribution in [0.2, 0.25) is 5.02 Å². The first kappa shape index (κ1) is 13.9. The van der Waals surface area contributed by atoms with E-state index in [1.165, 1.54) is 0 Å². The molecule has 0 bridgehead atoms. The van der Waals surface area contributed by atoms with Crippen LogP contribution in [0.15, 0.2) is 48.5 Å². The molecule has 2 aromatic carbocycles. The second kappa shape index (κ2) is 5.39. The Balaban J connectivity index is 2.08. The normalized spacial score (nSPS) is 20.6. The maximum atomic E-state index is 12.0. The van der Waals surface area contributed by atoms with Crippen molar-refractivity contribution < 1.29 is 14.6 Å². The first-order valence-electron chi connectivity index (χ1n) is 6.55. The van der Waals surface area contributed by atoms with Crippen molar-refractivity contribution >= 4 is 23.3 Å². The highest BCUT2D eigenvalue weighted by Crippen LogP contribution is 2.34. The van der Waals surface area contributed by atoms with Crippen molar-refractivity contribution in [3.63, 3.8) is 0 Å². The molecule has 1 atom stereocenters. The second-order valence-electron chi connectivity index (χ2n) is 5.00. The van der Waals surface area contributed by atoms with Crippen molar-refractivity contribution in [3.8, 4) is 0 Å². The van der Waals surface area contributed by atoms with Gasteiger partial charge in [0.1, 0.15) is 0 Å². The average molecular weight is 304 g/mol. The van der Waals surface area contributed by atoms with Gasteiger partial charge in [0.25, 0.3) is 0 Å². The van der Waals surface area contributed by atoms with E-state index < -0.39 is 11.5 Å². The van der Waals surface area contributed by atoms with Gasteiger partial charge in [-0.3, -0.25) is 0 Å². The molecular weight excluding hydrogens is 290 g/mol. The molecule has 0 radical (unpaired) electrons. The highest BCUT2D eigenvalue weighted by atomic mass is 35.5. The lowest BCUT2D eigenvalue weighted by Crippen LogP contribution is -2.50. The molecule has 0 aliphatic carbocycles. The average Bonchev–Trinajstić information content (AvgIpc) is 2.47. The topological polar surface area (TPSA) is 58.6 Å². The number of halogens is 1. The number of carboxylic acids is 1. The number of benzene rings is 2. The third kappa shape index (κ3) is 2.48. The summed E-state index contributed by atoms with van der Waals surface area (Å²) in [5, 5.41) is 13.4. The zero-order chi connectivity index (χ0) is 14.9. The summed E-state index contributed by atoms with van der Waals surface area (Å²) in [6, 6.07) is 14.4. The van der Waals surface area contributed by atoms with E-state index in [9.17, 15) is 9.90 Å². The number of ether oxygens (including phenoxy) is 1. The molecule has 21 heavy (non-hydrogen) atoms. The van der Waals surface area contributed by atoms with E-state index in [1.807, 2.05) is 24.3 Å². The zero-order valence-corrected chi connectivity index (χ0v) is 11.9. The summed E-state index contributed by atoms with van der Waals surface area (Å²) in [6.07, 6.45) is 0. The van der Waals surface area contributed by atoms with E-state index in [4.69, 9.17) is 16.3 Å². The molecule has 0 aromatic heterocycles. The number of hydrogen-bond donors (Lipinski definition) is 2. The van der Waals surface area contributed by atoms with Crippen molar-refractivity contribution in [1.29, 1.82) is 0 Å². The van der Waals surface area contributed by atoms with Gasteiger partial charge in [0.05, 0.1) is 13.2 Å². The molecule has 1 heterocycles. The molecule has 0 spiro atoms. The molecule has 0 amide bonds. The molecule has 2 N–H and O–H groups in total. The van der Waals surface area contributed by atoms with E-state index in [-0.39, 0.29) is 6.61 Å². The van der Waals surface area contributed by atoms with Crippen LogP contribution in [0.25, 0.3) is 0 Å². The maximum absolute atomic E-state index is 12.0. The molecule has 1 unspecified atom stereocenters. The fraction of sp³-hybridized carbons (Fsp3) is 0.188. The first-order valence-corrected chi connectivity index (χ1v) is 6.93. The lowest BCUT2D eigenvalue weighted by molar-refractivity contribution is -0.146. The summed E-state index contributed by atoms with van der Waals surface area (Å²) in [5.74, 6) is -0.977. The zero-order valence-electron chi connectivity index (χ0n) is 11.2. The highest BCUT2D eigenvalue weighted by Gasteiger charge is 2.44. The number of hydrogen-bond acceptors (Lipinski definition) is 3. The van der Waals surface area contributed by atoms with Crippen LogP contribution in [0, 0.1) is 0 Å². The van der Waals surface area contributed by atoms with Crippen LogP contribution in [0.4, 0.5) is 5.69 Å². The summed E-state index contributed by atoms with van der Waals surface area (Å²) in [5.41, 5.74) is 0.939. The fourth-order valence-corrected chi connectivity index (χ4v) is 2.79. The molecule has 2 aromatic rings. The van der Waals surface area contributed by atoms with Gasteiger partial charge in [-0.1, -0.05) is 41.9 Å². The number of carbonyl (C=O) groups is 1. The van der Waals surface area contributed by atoms with Crippen LogP contribution in [0.1, 0.15) is 11.1 Å². The predicted octanol–water partition coefficient (Wildman–Crippen LogP) is 3.26. The standard InChI is InChI=1S/C16H14ClNO3/c17-12-5-3-6-13(8-12)18-16(15(19)20)10-21-9-11-4-1-2-7-14(11)16/h1-8,18H,9-10H2,(H,19,20). The third-order valence-corrected chi connectivity index (χ3v) is 3.84. The van der Waals surface area contributed by atoms with Crippen molar-refractivity contribution in [2.75, 3.05) is 11.9 Å². The number of carboxylic acid groups (broad SMARTS) is 1.